The number of hydrogen-bond acceptors (Lipinski definition) is 4. The molecule has 1 aliphatic heterocycles. The van der Waals surface area contributed by atoms with Crippen LogP contribution in [0.5, 0.6) is 0 Å². The third-order valence-electron chi connectivity index (χ3n) is 4.74. The number of furan rings is 1. The van der Waals surface area contributed by atoms with Gasteiger partial charge in [0.25, 0.3) is 5.91 Å². The standard InChI is InChI=1S/C20H25N3O3/c1-14-11-15(2)19(16(3)12-14)21-13-18(24)22-6-8-23(9-7-22)20(25)17-5-4-10-26-17/h4-5,10-12,21H,6-9,13H2,1-3H3. The summed E-state index contributed by atoms with van der Waals surface area (Å²) in [7, 11) is 0. The Bertz CT molecular complexity index is 768. The molecule has 26 heavy (non-hydrogen) atoms. The number of aryl methyl sites for hydroxylation is 3. The molecular weight excluding hydrogens is 330 g/mol. The molecule has 6 heteroatoms. The molecule has 1 aliphatic rings. The van der Waals surface area contributed by atoms with Crippen LogP contribution >= 0.6 is 0 Å². The third-order valence-corrected chi connectivity index (χ3v) is 4.74. The lowest BCUT2D eigenvalue weighted by Gasteiger charge is -2.34. The normalized spacial score (nSPS) is 14.4. The summed E-state index contributed by atoms with van der Waals surface area (Å²) in [4.78, 5) is 28.3. The highest BCUT2D eigenvalue weighted by Gasteiger charge is 2.25. The second-order valence-electron chi connectivity index (χ2n) is 6.78. The van der Waals surface area contributed by atoms with E-state index in [2.05, 4.69) is 24.4 Å². The van der Waals surface area contributed by atoms with Gasteiger partial charge in [-0.25, -0.2) is 0 Å². The first kappa shape index (κ1) is 18.0. The number of carbonyl (C=O) groups is 2. The summed E-state index contributed by atoms with van der Waals surface area (Å²) in [5.41, 5.74) is 4.53. The molecule has 0 aliphatic carbocycles. The smallest absolute Gasteiger partial charge is 0.289 e. The van der Waals surface area contributed by atoms with Gasteiger partial charge in [-0.2, -0.15) is 0 Å². The molecule has 1 N–H and O–H groups in total. The Morgan fingerprint density at radius 3 is 2.23 bits per heavy atom. The van der Waals surface area contributed by atoms with Crippen LogP contribution in [0, 0.1) is 20.8 Å². The number of anilines is 1. The van der Waals surface area contributed by atoms with Crippen molar-refractivity contribution >= 4 is 17.5 Å². The van der Waals surface area contributed by atoms with Crippen molar-refractivity contribution in [1.82, 2.24) is 9.80 Å². The van der Waals surface area contributed by atoms with E-state index < -0.39 is 0 Å². The van der Waals surface area contributed by atoms with E-state index in [1.165, 1.54) is 11.8 Å². The lowest BCUT2D eigenvalue weighted by Crippen LogP contribution is -2.51. The molecule has 2 amide bonds. The van der Waals surface area contributed by atoms with Crippen molar-refractivity contribution < 1.29 is 14.0 Å². The summed E-state index contributed by atoms with van der Waals surface area (Å²) in [5, 5.41) is 3.28. The van der Waals surface area contributed by atoms with Crippen LogP contribution in [0.2, 0.25) is 0 Å². The van der Waals surface area contributed by atoms with E-state index in [1.807, 2.05) is 13.8 Å². The van der Waals surface area contributed by atoms with E-state index in [9.17, 15) is 9.59 Å². The second-order valence-corrected chi connectivity index (χ2v) is 6.78. The van der Waals surface area contributed by atoms with Gasteiger partial charge < -0.3 is 19.5 Å². The monoisotopic (exact) mass is 355 g/mol. The highest BCUT2D eigenvalue weighted by Crippen LogP contribution is 2.21. The van der Waals surface area contributed by atoms with E-state index in [-0.39, 0.29) is 18.4 Å². The van der Waals surface area contributed by atoms with Crippen molar-refractivity contribution in [3.8, 4) is 0 Å². The first-order valence-corrected chi connectivity index (χ1v) is 8.88. The number of hydrogen-bond donors (Lipinski definition) is 1. The topological polar surface area (TPSA) is 65.8 Å². The molecule has 1 saturated heterocycles. The lowest BCUT2D eigenvalue weighted by atomic mass is 10.1. The van der Waals surface area contributed by atoms with E-state index in [4.69, 9.17) is 4.42 Å². The molecular formula is C20H25N3O3. The molecule has 2 aromatic rings. The molecule has 6 nitrogen and oxygen atoms in total. The quantitative estimate of drug-likeness (QED) is 0.916. The van der Waals surface area contributed by atoms with Crippen molar-refractivity contribution in [1.29, 1.82) is 0 Å². The summed E-state index contributed by atoms with van der Waals surface area (Å²) in [6.07, 6.45) is 1.49. The van der Waals surface area contributed by atoms with Crippen LogP contribution in [-0.2, 0) is 4.79 Å². The van der Waals surface area contributed by atoms with Crippen LogP contribution < -0.4 is 5.32 Å². The fourth-order valence-electron chi connectivity index (χ4n) is 3.45. The Hall–Kier alpha value is -2.76. The number of piperazine rings is 1. The maximum Gasteiger partial charge on any atom is 0.289 e. The molecule has 0 saturated carbocycles. The predicted molar refractivity (Wildman–Crippen MR) is 100 cm³/mol. The summed E-state index contributed by atoms with van der Waals surface area (Å²) in [6.45, 7) is 8.55. The minimum absolute atomic E-state index is 0.0504. The molecule has 0 bridgehead atoms. The van der Waals surface area contributed by atoms with Crippen LogP contribution in [0.15, 0.2) is 34.9 Å². The zero-order valence-electron chi connectivity index (χ0n) is 15.5. The number of benzene rings is 1. The van der Waals surface area contributed by atoms with Crippen LogP contribution in [0.25, 0.3) is 0 Å². The molecule has 0 unspecified atom stereocenters. The Morgan fingerprint density at radius 2 is 1.65 bits per heavy atom. The van der Waals surface area contributed by atoms with Crippen molar-refractivity contribution in [2.24, 2.45) is 0 Å². The van der Waals surface area contributed by atoms with Crippen LogP contribution in [0.1, 0.15) is 27.2 Å². The second kappa shape index (κ2) is 7.64. The van der Waals surface area contributed by atoms with Gasteiger partial charge in [-0.15, -0.1) is 0 Å². The van der Waals surface area contributed by atoms with E-state index >= 15 is 0 Å². The summed E-state index contributed by atoms with van der Waals surface area (Å²) >= 11 is 0. The van der Waals surface area contributed by atoms with E-state index in [0.717, 1.165) is 16.8 Å². The van der Waals surface area contributed by atoms with Gasteiger partial charge in [0.05, 0.1) is 12.8 Å². The maximum absolute atomic E-state index is 12.5. The fourth-order valence-corrected chi connectivity index (χ4v) is 3.45. The molecule has 3 rings (SSSR count). The van der Waals surface area contributed by atoms with Gasteiger partial charge in [0.15, 0.2) is 5.76 Å². The molecule has 1 aromatic heterocycles. The Morgan fingerprint density at radius 1 is 1.04 bits per heavy atom. The molecule has 0 spiro atoms. The van der Waals surface area contributed by atoms with E-state index in [0.29, 0.717) is 31.9 Å². The highest BCUT2D eigenvalue weighted by atomic mass is 16.3. The average molecular weight is 355 g/mol. The molecule has 0 atom stereocenters. The highest BCUT2D eigenvalue weighted by molar-refractivity contribution is 5.91. The number of nitrogens with one attached hydrogen (secondary N) is 1. The molecule has 2 heterocycles. The summed E-state index contributed by atoms with van der Waals surface area (Å²) in [6, 6.07) is 7.58. The first-order valence-electron chi connectivity index (χ1n) is 8.88. The van der Waals surface area contributed by atoms with Crippen molar-refractivity contribution in [3.63, 3.8) is 0 Å². The van der Waals surface area contributed by atoms with Gasteiger partial charge in [0, 0.05) is 31.9 Å². The maximum atomic E-state index is 12.5. The molecule has 1 aromatic carbocycles. The summed E-state index contributed by atoms with van der Waals surface area (Å²) < 4.78 is 5.16. The van der Waals surface area contributed by atoms with Crippen LogP contribution in [0.4, 0.5) is 5.69 Å². The van der Waals surface area contributed by atoms with Crippen LogP contribution in [0.3, 0.4) is 0 Å². The largest absolute Gasteiger partial charge is 0.459 e. The number of rotatable bonds is 4. The minimum atomic E-state index is -0.119. The molecule has 1 fully saturated rings. The lowest BCUT2D eigenvalue weighted by molar-refractivity contribution is -0.130. The van der Waals surface area contributed by atoms with E-state index in [1.54, 1.807) is 21.9 Å². The molecule has 138 valence electrons. The predicted octanol–water partition coefficient (Wildman–Crippen LogP) is 2.60. The van der Waals surface area contributed by atoms with Gasteiger partial charge in [0.2, 0.25) is 5.91 Å². The van der Waals surface area contributed by atoms with Crippen molar-refractivity contribution in [2.45, 2.75) is 20.8 Å². The first-order chi connectivity index (χ1) is 12.5. The average Bonchev–Trinajstić information content (AvgIpc) is 3.14. The zero-order valence-corrected chi connectivity index (χ0v) is 15.5. The Kier molecular flexibility index (Phi) is 5.30. The molecule has 0 radical (unpaired) electrons. The Labute approximate surface area is 153 Å². The Balaban J connectivity index is 1.52. The third kappa shape index (κ3) is 3.90. The zero-order chi connectivity index (χ0) is 18.7. The minimum Gasteiger partial charge on any atom is -0.459 e. The van der Waals surface area contributed by atoms with Gasteiger partial charge in [-0.3, -0.25) is 9.59 Å². The van der Waals surface area contributed by atoms with Gasteiger partial charge in [0.1, 0.15) is 0 Å². The number of carbonyl (C=O) groups excluding carboxylic acids is 2. The van der Waals surface area contributed by atoms with Crippen LogP contribution in [-0.4, -0.2) is 54.3 Å². The van der Waals surface area contributed by atoms with Gasteiger partial charge in [-0.1, -0.05) is 17.7 Å². The van der Waals surface area contributed by atoms with Crippen molar-refractivity contribution in [2.75, 3.05) is 38.0 Å². The van der Waals surface area contributed by atoms with Gasteiger partial charge >= 0.3 is 0 Å². The SMILES string of the molecule is Cc1cc(C)c(NCC(=O)N2CCN(C(=O)c3ccco3)CC2)c(C)c1. The van der Waals surface area contributed by atoms with Gasteiger partial charge in [-0.05, 0) is 44.0 Å². The number of amides is 2. The van der Waals surface area contributed by atoms with Crippen molar-refractivity contribution in [3.05, 3.63) is 53.0 Å². The summed E-state index contributed by atoms with van der Waals surface area (Å²) in [5.74, 6) is 0.275. The number of nitrogens with zero attached hydrogens (tertiary/aromatic N) is 2. The fraction of sp³-hybridized carbons (Fsp3) is 0.400.